The summed E-state index contributed by atoms with van der Waals surface area (Å²) in [7, 11) is 0. The van der Waals surface area contributed by atoms with Gasteiger partial charge in [0, 0.05) is 5.69 Å². The summed E-state index contributed by atoms with van der Waals surface area (Å²) in [6.07, 6.45) is -3.34. The number of alkyl halides is 3. The molecule has 2 aromatic rings. The maximum absolute atomic E-state index is 12.7. The Hall–Kier alpha value is -3.40. The van der Waals surface area contributed by atoms with E-state index in [0.29, 0.717) is 25.8 Å². The van der Waals surface area contributed by atoms with Crippen LogP contribution in [0.25, 0.3) is 0 Å². The molecule has 0 saturated carbocycles. The lowest BCUT2D eigenvalue weighted by molar-refractivity contribution is -0.189. The van der Waals surface area contributed by atoms with Crippen LogP contribution in [0.4, 0.5) is 18.9 Å². The first-order valence-corrected chi connectivity index (χ1v) is 9.92. The van der Waals surface area contributed by atoms with Crippen LogP contribution in [-0.2, 0) is 20.8 Å². The number of benzene rings is 2. The molecule has 32 heavy (non-hydrogen) atoms. The van der Waals surface area contributed by atoms with Gasteiger partial charge in [0.05, 0.1) is 6.42 Å². The quantitative estimate of drug-likeness (QED) is 0.292. The molecule has 0 unspecified atom stereocenters. The Bertz CT molecular complexity index is 903. The second-order valence-corrected chi connectivity index (χ2v) is 6.97. The van der Waals surface area contributed by atoms with Crippen LogP contribution in [0.3, 0.4) is 0 Å². The molecule has 1 atom stereocenters. The Morgan fingerprint density at radius 1 is 0.969 bits per heavy atom. The topological polar surface area (TPSA) is 111 Å². The van der Waals surface area contributed by atoms with E-state index in [4.69, 9.17) is 5.73 Å². The van der Waals surface area contributed by atoms with Crippen LogP contribution in [0, 0.1) is 0 Å². The molecule has 0 spiro atoms. The second kappa shape index (κ2) is 11.8. The van der Waals surface area contributed by atoms with E-state index in [1.165, 1.54) is 12.1 Å². The third-order valence-corrected chi connectivity index (χ3v) is 4.37. The fraction of sp³-hybridized carbons (Fsp3) is 0.318. The van der Waals surface area contributed by atoms with Crippen LogP contribution in [0.1, 0.15) is 24.8 Å². The molecule has 0 radical (unpaired) electrons. The number of carbonyl (C=O) groups excluding carboxylic acids is 3. The van der Waals surface area contributed by atoms with E-state index >= 15 is 0 Å². The molecular weight excluding hydrogens is 427 g/mol. The fourth-order valence-corrected chi connectivity index (χ4v) is 2.79. The molecule has 0 aromatic heterocycles. The SMILES string of the molecule is NCCCC[C@H](NC(=O)Cc1ccccc1)C(=O)Nc1ccc(OC(=O)C(F)(F)F)cc1. The van der Waals surface area contributed by atoms with Crippen LogP contribution >= 0.6 is 0 Å². The van der Waals surface area contributed by atoms with Crippen molar-refractivity contribution in [2.75, 3.05) is 11.9 Å². The zero-order chi connectivity index (χ0) is 23.6. The molecule has 2 rings (SSSR count). The van der Waals surface area contributed by atoms with Crippen LogP contribution < -0.4 is 21.1 Å². The lowest BCUT2D eigenvalue weighted by Crippen LogP contribution is -2.44. The summed E-state index contributed by atoms with van der Waals surface area (Å²) in [6.45, 7) is 0.449. The summed E-state index contributed by atoms with van der Waals surface area (Å²) in [5.74, 6) is -3.46. The van der Waals surface area contributed by atoms with Crippen molar-refractivity contribution >= 4 is 23.5 Å². The maximum Gasteiger partial charge on any atom is 0.491 e. The van der Waals surface area contributed by atoms with Crippen molar-refractivity contribution in [3.05, 3.63) is 60.2 Å². The lowest BCUT2D eigenvalue weighted by Gasteiger charge is -2.19. The Morgan fingerprint density at radius 3 is 2.22 bits per heavy atom. The molecule has 0 bridgehead atoms. The lowest BCUT2D eigenvalue weighted by atomic mass is 10.1. The van der Waals surface area contributed by atoms with Crippen LogP contribution in [0.2, 0.25) is 0 Å². The molecule has 0 aliphatic rings. The number of ether oxygens (including phenoxy) is 1. The Labute approximate surface area is 183 Å². The standard InChI is InChI=1S/C22H24F3N3O4/c23-22(24,25)21(31)32-17-11-9-16(10-12-17)27-20(30)18(8-4-5-13-26)28-19(29)14-15-6-2-1-3-7-15/h1-3,6-7,9-12,18H,4-5,8,13-14,26H2,(H,27,30)(H,28,29)/t18-/m0/s1. The van der Waals surface area contributed by atoms with Crippen LogP contribution in [-0.4, -0.2) is 36.5 Å². The van der Waals surface area contributed by atoms with Gasteiger partial charge in [0.15, 0.2) is 0 Å². The first kappa shape index (κ1) is 24.9. The van der Waals surface area contributed by atoms with E-state index in [9.17, 15) is 27.6 Å². The van der Waals surface area contributed by atoms with Crippen molar-refractivity contribution in [1.82, 2.24) is 5.32 Å². The summed E-state index contributed by atoms with van der Waals surface area (Å²) in [5, 5.41) is 5.31. The number of hydrogen-bond donors (Lipinski definition) is 3. The second-order valence-electron chi connectivity index (χ2n) is 6.97. The summed E-state index contributed by atoms with van der Waals surface area (Å²) < 4.78 is 41.0. The van der Waals surface area contributed by atoms with E-state index in [-0.39, 0.29) is 23.8 Å². The number of rotatable bonds is 10. The van der Waals surface area contributed by atoms with E-state index in [0.717, 1.165) is 17.7 Å². The van der Waals surface area contributed by atoms with Gasteiger partial charge in [-0.15, -0.1) is 0 Å². The Kier molecular flexibility index (Phi) is 9.21. The first-order chi connectivity index (χ1) is 15.2. The Morgan fingerprint density at radius 2 is 1.62 bits per heavy atom. The zero-order valence-electron chi connectivity index (χ0n) is 17.2. The third-order valence-electron chi connectivity index (χ3n) is 4.37. The molecule has 2 aromatic carbocycles. The van der Waals surface area contributed by atoms with Crippen molar-refractivity contribution in [2.45, 2.75) is 37.9 Å². The van der Waals surface area contributed by atoms with Crippen LogP contribution in [0.15, 0.2) is 54.6 Å². The molecule has 0 fully saturated rings. The molecule has 0 heterocycles. The minimum Gasteiger partial charge on any atom is -0.420 e. The number of nitrogens with two attached hydrogens (primary N) is 1. The summed E-state index contributed by atoms with van der Waals surface area (Å²) in [4.78, 5) is 36.0. The smallest absolute Gasteiger partial charge is 0.420 e. The van der Waals surface area contributed by atoms with Crippen LogP contribution in [0.5, 0.6) is 5.75 Å². The molecule has 7 nitrogen and oxygen atoms in total. The zero-order valence-corrected chi connectivity index (χ0v) is 17.2. The molecule has 0 aliphatic heterocycles. The number of unbranched alkanes of at least 4 members (excludes halogenated alkanes) is 1. The number of hydrogen-bond acceptors (Lipinski definition) is 5. The van der Waals surface area contributed by atoms with Gasteiger partial charge in [-0.25, -0.2) is 4.79 Å². The fourth-order valence-electron chi connectivity index (χ4n) is 2.79. The largest absolute Gasteiger partial charge is 0.491 e. The van der Waals surface area contributed by atoms with Gasteiger partial charge >= 0.3 is 12.1 Å². The van der Waals surface area contributed by atoms with Crippen molar-refractivity contribution in [2.24, 2.45) is 5.73 Å². The van der Waals surface area contributed by atoms with Gasteiger partial charge in [-0.3, -0.25) is 9.59 Å². The van der Waals surface area contributed by atoms with Gasteiger partial charge < -0.3 is 21.1 Å². The minimum absolute atomic E-state index is 0.112. The predicted molar refractivity (Wildman–Crippen MR) is 112 cm³/mol. The monoisotopic (exact) mass is 451 g/mol. The number of halogens is 3. The van der Waals surface area contributed by atoms with Crippen molar-refractivity contribution in [3.8, 4) is 5.75 Å². The molecular formula is C22H24F3N3O4. The Balaban J connectivity index is 1.99. The molecule has 10 heteroatoms. The molecule has 2 amide bonds. The van der Waals surface area contributed by atoms with Gasteiger partial charge in [0.25, 0.3) is 0 Å². The van der Waals surface area contributed by atoms with Crippen molar-refractivity contribution in [3.63, 3.8) is 0 Å². The summed E-state index contributed by atoms with van der Waals surface area (Å²) in [6, 6.07) is 13.1. The highest BCUT2D eigenvalue weighted by Gasteiger charge is 2.41. The van der Waals surface area contributed by atoms with Crippen molar-refractivity contribution in [1.29, 1.82) is 0 Å². The van der Waals surface area contributed by atoms with E-state index in [1.54, 1.807) is 12.1 Å². The number of esters is 1. The summed E-state index contributed by atoms with van der Waals surface area (Å²) in [5.41, 5.74) is 6.57. The maximum atomic E-state index is 12.7. The van der Waals surface area contributed by atoms with E-state index in [2.05, 4.69) is 15.4 Å². The van der Waals surface area contributed by atoms with E-state index in [1.807, 2.05) is 18.2 Å². The van der Waals surface area contributed by atoms with Gasteiger partial charge in [-0.05, 0) is 55.6 Å². The summed E-state index contributed by atoms with van der Waals surface area (Å²) >= 11 is 0. The normalized spacial score (nSPS) is 12.0. The van der Waals surface area contributed by atoms with Gasteiger partial charge in [-0.1, -0.05) is 30.3 Å². The highest BCUT2D eigenvalue weighted by Crippen LogP contribution is 2.21. The third kappa shape index (κ3) is 8.38. The molecule has 0 saturated heterocycles. The first-order valence-electron chi connectivity index (χ1n) is 9.92. The highest BCUT2D eigenvalue weighted by atomic mass is 19.4. The molecule has 0 aliphatic carbocycles. The van der Waals surface area contributed by atoms with E-state index < -0.39 is 24.1 Å². The van der Waals surface area contributed by atoms with Gasteiger partial charge in [0.1, 0.15) is 11.8 Å². The predicted octanol–water partition coefficient (Wildman–Crippen LogP) is 2.95. The number of nitrogens with one attached hydrogen (secondary N) is 2. The molecule has 4 N–H and O–H groups in total. The average molecular weight is 451 g/mol. The highest BCUT2D eigenvalue weighted by molar-refractivity contribution is 5.97. The van der Waals surface area contributed by atoms with Crippen molar-refractivity contribution < 1.29 is 32.3 Å². The average Bonchev–Trinajstić information content (AvgIpc) is 2.74. The minimum atomic E-state index is -5.11. The molecule has 172 valence electrons. The number of carbonyl (C=O) groups is 3. The van der Waals surface area contributed by atoms with Gasteiger partial charge in [-0.2, -0.15) is 13.2 Å². The number of amides is 2. The van der Waals surface area contributed by atoms with Gasteiger partial charge in [0.2, 0.25) is 11.8 Å². The number of anilines is 1.